The Morgan fingerprint density at radius 3 is 2.74 bits per heavy atom. The molecule has 1 aromatic heterocycles. The van der Waals surface area contributed by atoms with E-state index in [1.54, 1.807) is 0 Å². The molecular weight excluding hydrogens is 369 g/mol. The summed E-state index contributed by atoms with van der Waals surface area (Å²) in [5.41, 5.74) is 2.78. The van der Waals surface area contributed by atoms with E-state index >= 15 is 0 Å². The molecule has 3 rings (SSSR count). The van der Waals surface area contributed by atoms with Crippen LogP contribution in [0.5, 0.6) is 0 Å². The molecule has 2 aromatic carbocycles. The van der Waals surface area contributed by atoms with E-state index in [1.165, 1.54) is 23.8 Å². The van der Waals surface area contributed by atoms with Gasteiger partial charge in [0.05, 0.1) is 5.02 Å². The van der Waals surface area contributed by atoms with Gasteiger partial charge in [0.1, 0.15) is 11.6 Å². The number of hydrogen-bond acceptors (Lipinski definition) is 3. The van der Waals surface area contributed by atoms with Crippen LogP contribution >= 0.6 is 11.6 Å². The third kappa shape index (κ3) is 5.52. The first-order valence-electron chi connectivity index (χ1n) is 8.45. The normalized spacial score (nSPS) is 10.6. The zero-order chi connectivity index (χ0) is 19.2. The number of rotatable bonds is 6. The van der Waals surface area contributed by atoms with E-state index in [-0.39, 0.29) is 5.02 Å². The van der Waals surface area contributed by atoms with Crippen molar-refractivity contribution >= 4 is 23.3 Å². The Kier molecular flexibility index (Phi) is 6.03. The SMILES string of the molecule is Cc1ccc(Cc2nc(CCNC(=O)Nc3ccc(F)c(Cl)c3)n[nH]2)cc1. The van der Waals surface area contributed by atoms with Gasteiger partial charge in [-0.2, -0.15) is 5.10 Å². The number of halogens is 2. The average Bonchev–Trinajstić information content (AvgIpc) is 3.07. The number of hydrogen-bond donors (Lipinski definition) is 3. The number of H-pyrrole nitrogens is 1. The Hall–Kier alpha value is -2.93. The number of aromatic nitrogens is 3. The number of nitrogens with one attached hydrogen (secondary N) is 3. The summed E-state index contributed by atoms with van der Waals surface area (Å²) in [6.07, 6.45) is 1.16. The van der Waals surface area contributed by atoms with Crippen molar-refractivity contribution in [3.63, 3.8) is 0 Å². The van der Waals surface area contributed by atoms with Crippen molar-refractivity contribution in [1.29, 1.82) is 0 Å². The lowest BCUT2D eigenvalue weighted by Gasteiger charge is -2.07. The highest BCUT2D eigenvalue weighted by Crippen LogP contribution is 2.19. The topological polar surface area (TPSA) is 82.7 Å². The summed E-state index contributed by atoms with van der Waals surface area (Å²) in [5.74, 6) is 0.871. The van der Waals surface area contributed by atoms with Crippen LogP contribution in [0, 0.1) is 12.7 Å². The van der Waals surface area contributed by atoms with Crippen molar-refractivity contribution in [3.05, 3.63) is 76.1 Å². The van der Waals surface area contributed by atoms with Crippen LogP contribution in [0.1, 0.15) is 22.8 Å². The molecule has 0 aliphatic rings. The van der Waals surface area contributed by atoms with Crippen molar-refractivity contribution in [2.75, 3.05) is 11.9 Å². The summed E-state index contributed by atoms with van der Waals surface area (Å²) < 4.78 is 13.1. The van der Waals surface area contributed by atoms with E-state index in [0.29, 0.717) is 30.9 Å². The number of aromatic amines is 1. The van der Waals surface area contributed by atoms with Gasteiger partial charge in [-0.1, -0.05) is 41.4 Å². The maximum Gasteiger partial charge on any atom is 0.319 e. The molecule has 27 heavy (non-hydrogen) atoms. The second-order valence-electron chi connectivity index (χ2n) is 6.12. The van der Waals surface area contributed by atoms with Crippen LogP contribution in [0.4, 0.5) is 14.9 Å². The van der Waals surface area contributed by atoms with Crippen molar-refractivity contribution in [2.24, 2.45) is 0 Å². The molecule has 0 bridgehead atoms. The predicted octanol–water partition coefficient (Wildman–Crippen LogP) is 3.86. The van der Waals surface area contributed by atoms with E-state index in [4.69, 9.17) is 11.6 Å². The molecule has 0 fully saturated rings. The van der Waals surface area contributed by atoms with Gasteiger partial charge in [0.15, 0.2) is 5.82 Å². The smallest absolute Gasteiger partial charge is 0.319 e. The van der Waals surface area contributed by atoms with Crippen molar-refractivity contribution in [3.8, 4) is 0 Å². The van der Waals surface area contributed by atoms with Gasteiger partial charge in [-0.15, -0.1) is 0 Å². The minimum Gasteiger partial charge on any atom is -0.337 e. The molecule has 0 spiro atoms. The molecule has 0 saturated heterocycles. The summed E-state index contributed by atoms with van der Waals surface area (Å²) in [4.78, 5) is 16.3. The molecule has 6 nitrogen and oxygen atoms in total. The van der Waals surface area contributed by atoms with Crippen LogP contribution in [0.25, 0.3) is 0 Å². The summed E-state index contributed by atoms with van der Waals surface area (Å²) in [6, 6.07) is 11.8. The molecule has 0 atom stereocenters. The minimum absolute atomic E-state index is 0.0466. The quantitative estimate of drug-likeness (QED) is 0.600. The number of urea groups is 1. The molecule has 3 N–H and O–H groups in total. The van der Waals surface area contributed by atoms with Gasteiger partial charge in [-0.3, -0.25) is 5.10 Å². The Labute approximate surface area is 161 Å². The van der Waals surface area contributed by atoms with E-state index < -0.39 is 11.8 Å². The van der Waals surface area contributed by atoms with Gasteiger partial charge in [0.2, 0.25) is 0 Å². The Bertz CT molecular complexity index is 926. The van der Waals surface area contributed by atoms with Gasteiger partial charge in [0, 0.05) is 25.1 Å². The number of aryl methyl sites for hydroxylation is 1. The lowest BCUT2D eigenvalue weighted by molar-refractivity contribution is 0.252. The molecule has 0 radical (unpaired) electrons. The van der Waals surface area contributed by atoms with E-state index in [2.05, 4.69) is 50.1 Å². The molecular formula is C19H19ClFN5O. The van der Waals surface area contributed by atoms with Crippen LogP contribution in [0.15, 0.2) is 42.5 Å². The highest BCUT2D eigenvalue weighted by molar-refractivity contribution is 6.31. The summed E-state index contributed by atoms with van der Waals surface area (Å²) in [5, 5.41) is 12.3. The second-order valence-corrected chi connectivity index (χ2v) is 6.53. The summed E-state index contributed by atoms with van der Waals surface area (Å²) in [6.45, 7) is 2.41. The van der Waals surface area contributed by atoms with Crippen molar-refractivity contribution in [2.45, 2.75) is 19.8 Å². The fourth-order valence-corrected chi connectivity index (χ4v) is 2.64. The Morgan fingerprint density at radius 1 is 1.22 bits per heavy atom. The van der Waals surface area contributed by atoms with E-state index in [1.807, 2.05) is 6.92 Å². The number of anilines is 1. The summed E-state index contributed by atoms with van der Waals surface area (Å²) >= 11 is 5.68. The maximum atomic E-state index is 13.1. The Morgan fingerprint density at radius 2 is 2.00 bits per heavy atom. The first-order chi connectivity index (χ1) is 13.0. The zero-order valence-corrected chi connectivity index (χ0v) is 15.5. The summed E-state index contributed by atoms with van der Waals surface area (Å²) in [7, 11) is 0. The molecule has 0 saturated carbocycles. The second kappa shape index (κ2) is 8.64. The highest BCUT2D eigenvalue weighted by atomic mass is 35.5. The number of amides is 2. The van der Waals surface area contributed by atoms with Gasteiger partial charge in [-0.25, -0.2) is 14.2 Å². The number of benzene rings is 2. The molecule has 140 valence electrons. The number of carbonyl (C=O) groups is 1. The average molecular weight is 388 g/mol. The third-order valence-corrected chi connectivity index (χ3v) is 4.17. The van der Waals surface area contributed by atoms with Crippen LogP contribution in [-0.2, 0) is 12.8 Å². The molecule has 2 amide bonds. The maximum absolute atomic E-state index is 13.1. The zero-order valence-electron chi connectivity index (χ0n) is 14.7. The minimum atomic E-state index is -0.534. The van der Waals surface area contributed by atoms with Gasteiger partial charge >= 0.3 is 6.03 Å². The number of nitrogens with zero attached hydrogens (tertiary/aromatic N) is 2. The van der Waals surface area contributed by atoms with Crippen LogP contribution in [-0.4, -0.2) is 27.8 Å². The van der Waals surface area contributed by atoms with Gasteiger partial charge < -0.3 is 10.6 Å². The predicted molar refractivity (Wildman–Crippen MR) is 103 cm³/mol. The fourth-order valence-electron chi connectivity index (χ4n) is 2.46. The van der Waals surface area contributed by atoms with Crippen LogP contribution in [0.3, 0.4) is 0 Å². The largest absolute Gasteiger partial charge is 0.337 e. The van der Waals surface area contributed by atoms with Crippen molar-refractivity contribution in [1.82, 2.24) is 20.5 Å². The number of carbonyl (C=O) groups excluding carboxylic acids is 1. The highest BCUT2D eigenvalue weighted by Gasteiger charge is 2.07. The molecule has 0 aliphatic carbocycles. The lowest BCUT2D eigenvalue weighted by atomic mass is 10.1. The molecule has 1 heterocycles. The third-order valence-electron chi connectivity index (χ3n) is 3.88. The molecule has 0 aliphatic heterocycles. The lowest BCUT2D eigenvalue weighted by Crippen LogP contribution is -2.30. The first-order valence-corrected chi connectivity index (χ1v) is 8.83. The van der Waals surface area contributed by atoms with Crippen molar-refractivity contribution < 1.29 is 9.18 Å². The van der Waals surface area contributed by atoms with Crippen LogP contribution in [0.2, 0.25) is 5.02 Å². The molecule has 3 aromatic rings. The van der Waals surface area contributed by atoms with E-state index in [9.17, 15) is 9.18 Å². The molecule has 0 unspecified atom stereocenters. The van der Waals surface area contributed by atoms with Gasteiger partial charge in [0.25, 0.3) is 0 Å². The van der Waals surface area contributed by atoms with Gasteiger partial charge in [-0.05, 0) is 30.7 Å². The standard InChI is InChI=1S/C19H19ClFN5O/c1-12-2-4-13(5-3-12)10-18-24-17(25-26-18)8-9-22-19(27)23-14-6-7-16(21)15(20)11-14/h2-7,11H,8-10H2,1H3,(H2,22,23,27)(H,24,25,26). The monoisotopic (exact) mass is 387 g/mol. The Balaban J connectivity index is 1.45. The fraction of sp³-hybridized carbons (Fsp3) is 0.211. The molecule has 8 heteroatoms. The van der Waals surface area contributed by atoms with E-state index in [0.717, 1.165) is 11.4 Å². The van der Waals surface area contributed by atoms with Crippen LogP contribution < -0.4 is 10.6 Å². The first kappa shape index (κ1) is 18.8.